The Bertz CT molecular complexity index is 121. The van der Waals surface area contributed by atoms with Crippen molar-refractivity contribution in [2.75, 3.05) is 13.2 Å². The summed E-state index contributed by atoms with van der Waals surface area (Å²) in [6.07, 6.45) is 1.77. The quantitative estimate of drug-likeness (QED) is 0.617. The van der Waals surface area contributed by atoms with Gasteiger partial charge in [0.25, 0.3) is 0 Å². The van der Waals surface area contributed by atoms with E-state index in [1.807, 2.05) is 6.92 Å². The average Bonchev–Trinajstić information content (AvgIpc) is 1.80. The van der Waals surface area contributed by atoms with Crippen LogP contribution in [0.15, 0.2) is 0 Å². The molecule has 3 heteroatoms. The molecule has 0 aromatic carbocycles. The van der Waals surface area contributed by atoms with Crippen LogP contribution in [0.2, 0.25) is 0 Å². The predicted octanol–water partition coefficient (Wildman–Crippen LogP) is 0.301. The number of rotatable bonds is 3. The van der Waals surface area contributed by atoms with Gasteiger partial charge in [-0.05, 0) is 13.3 Å². The Kier molecular flexibility index (Phi) is 2.68. The van der Waals surface area contributed by atoms with E-state index in [0.29, 0.717) is 13.0 Å². The standard InChI is InChI=1S/C7H13NO2/c1-2-8-7(9)5-6-3-4-10-6/h6H,2-5H2,1H3,(H,8,9). The number of hydrogen-bond acceptors (Lipinski definition) is 2. The predicted molar refractivity (Wildman–Crippen MR) is 37.7 cm³/mol. The SMILES string of the molecule is CCNC(=O)CC1CCO1. The molecule has 1 aliphatic rings. The third kappa shape index (κ3) is 1.99. The van der Waals surface area contributed by atoms with E-state index in [1.54, 1.807) is 0 Å². The molecule has 1 fully saturated rings. The number of carbonyl (C=O) groups excluding carboxylic acids is 1. The fourth-order valence-electron chi connectivity index (χ4n) is 0.922. The second-order valence-corrected chi connectivity index (χ2v) is 2.44. The summed E-state index contributed by atoms with van der Waals surface area (Å²) in [5.41, 5.74) is 0. The van der Waals surface area contributed by atoms with Gasteiger partial charge in [-0.1, -0.05) is 0 Å². The minimum atomic E-state index is 0.104. The molecule has 1 saturated heterocycles. The van der Waals surface area contributed by atoms with E-state index >= 15 is 0 Å². The highest BCUT2D eigenvalue weighted by Crippen LogP contribution is 2.13. The number of amides is 1. The molecule has 1 unspecified atom stereocenters. The minimum absolute atomic E-state index is 0.104. The van der Waals surface area contributed by atoms with Gasteiger partial charge in [-0.3, -0.25) is 4.79 Å². The molecule has 10 heavy (non-hydrogen) atoms. The van der Waals surface area contributed by atoms with Crippen LogP contribution < -0.4 is 5.32 Å². The van der Waals surface area contributed by atoms with Gasteiger partial charge in [-0.25, -0.2) is 0 Å². The first kappa shape index (κ1) is 7.54. The van der Waals surface area contributed by atoms with Gasteiger partial charge in [0.1, 0.15) is 0 Å². The van der Waals surface area contributed by atoms with Gasteiger partial charge >= 0.3 is 0 Å². The van der Waals surface area contributed by atoms with Crippen LogP contribution in [-0.4, -0.2) is 25.2 Å². The third-order valence-electron chi connectivity index (χ3n) is 1.58. The highest BCUT2D eigenvalue weighted by Gasteiger charge is 2.20. The highest BCUT2D eigenvalue weighted by molar-refractivity contribution is 5.76. The number of hydrogen-bond donors (Lipinski definition) is 1. The molecule has 0 aromatic heterocycles. The molecule has 1 rings (SSSR count). The number of carbonyl (C=O) groups is 1. The minimum Gasteiger partial charge on any atom is -0.377 e. The number of ether oxygens (including phenoxy) is 1. The molecule has 1 atom stereocenters. The Morgan fingerprint density at radius 1 is 1.80 bits per heavy atom. The van der Waals surface area contributed by atoms with Gasteiger partial charge in [-0.2, -0.15) is 0 Å². The van der Waals surface area contributed by atoms with Crippen LogP contribution in [0.4, 0.5) is 0 Å². The summed E-state index contributed by atoms with van der Waals surface area (Å²) in [7, 11) is 0. The second kappa shape index (κ2) is 3.56. The van der Waals surface area contributed by atoms with Crippen molar-refractivity contribution in [3.8, 4) is 0 Å². The van der Waals surface area contributed by atoms with Crippen molar-refractivity contribution in [3.05, 3.63) is 0 Å². The fourth-order valence-corrected chi connectivity index (χ4v) is 0.922. The molecule has 58 valence electrons. The van der Waals surface area contributed by atoms with Gasteiger partial charge in [0.15, 0.2) is 0 Å². The van der Waals surface area contributed by atoms with E-state index in [0.717, 1.165) is 13.0 Å². The zero-order valence-electron chi connectivity index (χ0n) is 6.22. The van der Waals surface area contributed by atoms with E-state index in [1.165, 1.54) is 0 Å². The Morgan fingerprint density at radius 3 is 2.90 bits per heavy atom. The highest BCUT2D eigenvalue weighted by atomic mass is 16.5. The van der Waals surface area contributed by atoms with Crippen molar-refractivity contribution >= 4 is 5.91 Å². The van der Waals surface area contributed by atoms with Crippen LogP contribution in [0.1, 0.15) is 19.8 Å². The molecule has 0 aliphatic carbocycles. The molecular formula is C7H13NO2. The van der Waals surface area contributed by atoms with Crippen LogP contribution >= 0.6 is 0 Å². The monoisotopic (exact) mass is 143 g/mol. The van der Waals surface area contributed by atoms with Crippen molar-refractivity contribution in [2.24, 2.45) is 0 Å². The Balaban J connectivity index is 2.05. The number of nitrogens with one attached hydrogen (secondary N) is 1. The van der Waals surface area contributed by atoms with Gasteiger partial charge in [-0.15, -0.1) is 0 Å². The molecule has 0 saturated carbocycles. The van der Waals surface area contributed by atoms with Crippen molar-refractivity contribution < 1.29 is 9.53 Å². The summed E-state index contributed by atoms with van der Waals surface area (Å²) >= 11 is 0. The van der Waals surface area contributed by atoms with Gasteiger partial charge in [0.2, 0.25) is 5.91 Å². The van der Waals surface area contributed by atoms with E-state index in [9.17, 15) is 4.79 Å². The van der Waals surface area contributed by atoms with Gasteiger partial charge < -0.3 is 10.1 Å². The first-order valence-corrected chi connectivity index (χ1v) is 3.71. The van der Waals surface area contributed by atoms with E-state index in [-0.39, 0.29) is 12.0 Å². The molecule has 0 spiro atoms. The van der Waals surface area contributed by atoms with Crippen LogP contribution in [0, 0.1) is 0 Å². The average molecular weight is 143 g/mol. The van der Waals surface area contributed by atoms with E-state index < -0.39 is 0 Å². The van der Waals surface area contributed by atoms with Crippen molar-refractivity contribution in [2.45, 2.75) is 25.9 Å². The zero-order valence-corrected chi connectivity index (χ0v) is 6.22. The molecule has 1 aliphatic heterocycles. The van der Waals surface area contributed by atoms with Crippen LogP contribution in [-0.2, 0) is 9.53 Å². The topological polar surface area (TPSA) is 38.3 Å². The lowest BCUT2D eigenvalue weighted by atomic mass is 10.1. The van der Waals surface area contributed by atoms with Gasteiger partial charge in [0, 0.05) is 13.2 Å². The summed E-state index contributed by atoms with van der Waals surface area (Å²) in [6.45, 7) is 3.45. The van der Waals surface area contributed by atoms with Crippen molar-refractivity contribution in [1.29, 1.82) is 0 Å². The summed E-state index contributed by atoms with van der Waals surface area (Å²) in [6, 6.07) is 0. The summed E-state index contributed by atoms with van der Waals surface area (Å²) in [5.74, 6) is 0.104. The summed E-state index contributed by atoms with van der Waals surface area (Å²) in [5, 5.41) is 2.73. The lowest BCUT2D eigenvalue weighted by molar-refractivity contribution is -0.128. The second-order valence-electron chi connectivity index (χ2n) is 2.44. The molecule has 0 aromatic rings. The maximum absolute atomic E-state index is 10.9. The molecule has 1 heterocycles. The first-order valence-electron chi connectivity index (χ1n) is 3.71. The van der Waals surface area contributed by atoms with Crippen molar-refractivity contribution in [1.82, 2.24) is 5.32 Å². The molecule has 3 nitrogen and oxygen atoms in total. The lowest BCUT2D eigenvalue weighted by Gasteiger charge is -2.25. The maximum Gasteiger partial charge on any atom is 0.222 e. The largest absolute Gasteiger partial charge is 0.377 e. The van der Waals surface area contributed by atoms with Gasteiger partial charge in [0.05, 0.1) is 12.5 Å². The molecule has 1 amide bonds. The fraction of sp³-hybridized carbons (Fsp3) is 0.857. The van der Waals surface area contributed by atoms with Crippen molar-refractivity contribution in [3.63, 3.8) is 0 Å². The molecule has 0 bridgehead atoms. The smallest absolute Gasteiger partial charge is 0.222 e. The molecule has 1 N–H and O–H groups in total. The van der Waals surface area contributed by atoms with Crippen LogP contribution in [0.3, 0.4) is 0 Å². The molecular weight excluding hydrogens is 130 g/mol. The zero-order chi connectivity index (χ0) is 7.40. The molecule has 0 radical (unpaired) electrons. The first-order chi connectivity index (χ1) is 4.83. The summed E-state index contributed by atoms with van der Waals surface area (Å²) < 4.78 is 5.09. The maximum atomic E-state index is 10.9. The summed E-state index contributed by atoms with van der Waals surface area (Å²) in [4.78, 5) is 10.9. The van der Waals surface area contributed by atoms with Crippen LogP contribution in [0.25, 0.3) is 0 Å². The van der Waals surface area contributed by atoms with E-state index in [2.05, 4.69) is 5.32 Å². The normalized spacial score (nSPS) is 23.5. The van der Waals surface area contributed by atoms with E-state index in [4.69, 9.17) is 4.74 Å². The Hall–Kier alpha value is -0.570. The van der Waals surface area contributed by atoms with Crippen LogP contribution in [0.5, 0.6) is 0 Å². The Morgan fingerprint density at radius 2 is 2.50 bits per heavy atom. The lowest BCUT2D eigenvalue weighted by Crippen LogP contribution is -2.34. The third-order valence-corrected chi connectivity index (χ3v) is 1.58. The Labute approximate surface area is 60.7 Å².